The van der Waals surface area contributed by atoms with Gasteiger partial charge in [0.1, 0.15) is 0 Å². The Bertz CT molecular complexity index is 522. The van der Waals surface area contributed by atoms with E-state index in [0.717, 1.165) is 43.9 Å². The van der Waals surface area contributed by atoms with Crippen molar-refractivity contribution in [3.8, 4) is 0 Å². The summed E-state index contributed by atoms with van der Waals surface area (Å²) < 4.78 is 0. The Morgan fingerprint density at radius 1 is 1.14 bits per heavy atom. The van der Waals surface area contributed by atoms with Gasteiger partial charge < -0.3 is 5.11 Å². The third kappa shape index (κ3) is 1.85. The lowest BCUT2D eigenvalue weighted by atomic mass is 9.50. The van der Waals surface area contributed by atoms with Gasteiger partial charge in [0, 0.05) is 6.42 Å². The summed E-state index contributed by atoms with van der Waals surface area (Å²) in [6.45, 7) is 4.54. The zero-order valence-corrected chi connectivity index (χ0v) is 14.1. The standard InChI is InChI=1S/C20H30O2/c1-3-20(22)11-9-18-17-6-4-13-12-14(21)5-7-15(13)16(17)8-10-19(18,20)2/h12,15-18,22H,3-11H2,1-2H3/t15-,16+,17+,18-,19-,20-/m1/s1. The van der Waals surface area contributed by atoms with Crippen LogP contribution in [0.1, 0.15) is 71.6 Å². The fourth-order valence-corrected chi connectivity index (χ4v) is 6.87. The molecule has 3 saturated carbocycles. The molecule has 122 valence electrons. The zero-order chi connectivity index (χ0) is 15.5. The van der Waals surface area contributed by atoms with Crippen LogP contribution in [0.2, 0.25) is 0 Å². The van der Waals surface area contributed by atoms with Crippen LogP contribution in [0.4, 0.5) is 0 Å². The fourth-order valence-electron chi connectivity index (χ4n) is 6.87. The summed E-state index contributed by atoms with van der Waals surface area (Å²) in [5.41, 5.74) is 1.17. The van der Waals surface area contributed by atoms with Crippen molar-refractivity contribution >= 4 is 5.78 Å². The van der Waals surface area contributed by atoms with E-state index >= 15 is 0 Å². The Morgan fingerprint density at radius 2 is 1.95 bits per heavy atom. The van der Waals surface area contributed by atoms with Gasteiger partial charge in [0.2, 0.25) is 0 Å². The molecule has 6 atom stereocenters. The molecule has 0 unspecified atom stereocenters. The number of hydrogen-bond donors (Lipinski definition) is 1. The first kappa shape index (κ1) is 14.9. The lowest BCUT2D eigenvalue weighted by molar-refractivity contribution is -0.122. The summed E-state index contributed by atoms with van der Waals surface area (Å²) in [5.74, 6) is 3.30. The summed E-state index contributed by atoms with van der Waals surface area (Å²) >= 11 is 0. The van der Waals surface area contributed by atoms with Crippen molar-refractivity contribution in [2.45, 2.75) is 77.2 Å². The molecule has 0 heterocycles. The molecule has 0 aromatic rings. The largest absolute Gasteiger partial charge is 0.389 e. The number of fused-ring (bicyclic) bond motifs is 5. The minimum absolute atomic E-state index is 0.134. The topological polar surface area (TPSA) is 37.3 Å². The molecule has 0 aliphatic heterocycles. The summed E-state index contributed by atoms with van der Waals surface area (Å²) in [6, 6.07) is 0. The average molecular weight is 302 g/mol. The van der Waals surface area contributed by atoms with Crippen molar-refractivity contribution in [3.63, 3.8) is 0 Å². The van der Waals surface area contributed by atoms with Crippen LogP contribution in [-0.2, 0) is 4.79 Å². The molecule has 0 saturated heterocycles. The first-order valence-electron chi connectivity index (χ1n) is 9.44. The van der Waals surface area contributed by atoms with E-state index in [2.05, 4.69) is 13.8 Å². The van der Waals surface area contributed by atoms with Gasteiger partial charge in [-0.25, -0.2) is 0 Å². The molecular weight excluding hydrogens is 272 g/mol. The normalized spacial score (nSPS) is 50.9. The summed E-state index contributed by atoms with van der Waals surface area (Å²) in [6.07, 6.45) is 11.8. The Balaban J connectivity index is 1.63. The van der Waals surface area contributed by atoms with Gasteiger partial charge in [0.25, 0.3) is 0 Å². The molecule has 0 spiro atoms. The van der Waals surface area contributed by atoms with E-state index in [9.17, 15) is 9.90 Å². The smallest absolute Gasteiger partial charge is 0.155 e. The van der Waals surface area contributed by atoms with Crippen LogP contribution in [0.25, 0.3) is 0 Å². The van der Waals surface area contributed by atoms with Gasteiger partial charge in [-0.15, -0.1) is 0 Å². The van der Waals surface area contributed by atoms with E-state index in [1.807, 2.05) is 6.08 Å². The number of allylic oxidation sites excluding steroid dienone is 1. The Morgan fingerprint density at radius 3 is 2.73 bits per heavy atom. The maximum atomic E-state index is 11.7. The van der Waals surface area contributed by atoms with E-state index in [-0.39, 0.29) is 5.41 Å². The van der Waals surface area contributed by atoms with Crippen LogP contribution in [0.3, 0.4) is 0 Å². The van der Waals surface area contributed by atoms with Gasteiger partial charge in [-0.05, 0) is 86.5 Å². The number of carbonyl (C=O) groups is 1. The van der Waals surface area contributed by atoms with Gasteiger partial charge in [0.15, 0.2) is 5.78 Å². The quantitative estimate of drug-likeness (QED) is 0.785. The molecule has 0 aromatic heterocycles. The molecule has 2 heteroatoms. The predicted molar refractivity (Wildman–Crippen MR) is 87.3 cm³/mol. The summed E-state index contributed by atoms with van der Waals surface area (Å²) in [5, 5.41) is 11.2. The second-order valence-corrected chi connectivity index (χ2v) is 8.68. The van der Waals surface area contributed by atoms with E-state index in [1.165, 1.54) is 31.3 Å². The second-order valence-electron chi connectivity index (χ2n) is 8.68. The minimum Gasteiger partial charge on any atom is -0.389 e. The highest BCUT2D eigenvalue weighted by Gasteiger charge is 2.61. The van der Waals surface area contributed by atoms with Crippen molar-refractivity contribution in [1.29, 1.82) is 0 Å². The third-order valence-corrected chi connectivity index (χ3v) is 8.21. The first-order valence-corrected chi connectivity index (χ1v) is 9.44. The predicted octanol–water partition coefficient (Wildman–Crippen LogP) is 4.27. The summed E-state index contributed by atoms with van der Waals surface area (Å²) in [7, 11) is 0. The minimum atomic E-state index is -0.429. The first-order chi connectivity index (χ1) is 10.5. The van der Waals surface area contributed by atoms with Crippen LogP contribution in [0.5, 0.6) is 0 Å². The van der Waals surface area contributed by atoms with E-state index in [1.54, 1.807) is 0 Å². The molecule has 0 bridgehead atoms. The van der Waals surface area contributed by atoms with Gasteiger partial charge in [-0.3, -0.25) is 4.79 Å². The van der Waals surface area contributed by atoms with Crippen LogP contribution in [0.15, 0.2) is 11.6 Å². The Labute approximate surface area is 134 Å². The van der Waals surface area contributed by atoms with Crippen LogP contribution in [0, 0.1) is 29.1 Å². The van der Waals surface area contributed by atoms with Crippen LogP contribution in [-0.4, -0.2) is 16.5 Å². The van der Waals surface area contributed by atoms with Crippen molar-refractivity contribution in [2.24, 2.45) is 29.1 Å². The van der Waals surface area contributed by atoms with Crippen molar-refractivity contribution in [3.05, 3.63) is 11.6 Å². The van der Waals surface area contributed by atoms with E-state index in [0.29, 0.717) is 17.6 Å². The monoisotopic (exact) mass is 302 g/mol. The number of rotatable bonds is 1. The SMILES string of the molecule is CC[C@@]1(O)CC[C@@H]2[C@H]3CCC4=CC(=O)CC[C@H]4[C@@H]3CC[C@]21C. The highest BCUT2D eigenvalue weighted by molar-refractivity contribution is 5.91. The summed E-state index contributed by atoms with van der Waals surface area (Å²) in [4.78, 5) is 11.7. The van der Waals surface area contributed by atoms with Crippen molar-refractivity contribution < 1.29 is 9.90 Å². The van der Waals surface area contributed by atoms with Crippen LogP contribution >= 0.6 is 0 Å². The second kappa shape index (κ2) is 4.93. The van der Waals surface area contributed by atoms with E-state index < -0.39 is 5.60 Å². The molecule has 4 rings (SSSR count). The van der Waals surface area contributed by atoms with E-state index in [4.69, 9.17) is 0 Å². The number of carbonyl (C=O) groups excluding carboxylic acids is 1. The Hall–Kier alpha value is -0.630. The maximum Gasteiger partial charge on any atom is 0.155 e. The van der Waals surface area contributed by atoms with Crippen molar-refractivity contribution in [1.82, 2.24) is 0 Å². The molecule has 0 aromatic carbocycles. The molecule has 2 nitrogen and oxygen atoms in total. The maximum absolute atomic E-state index is 11.7. The number of hydrogen-bond acceptors (Lipinski definition) is 2. The number of aliphatic hydroxyl groups is 1. The van der Waals surface area contributed by atoms with Crippen LogP contribution < -0.4 is 0 Å². The lowest BCUT2D eigenvalue weighted by Gasteiger charge is -2.55. The molecule has 3 fully saturated rings. The van der Waals surface area contributed by atoms with Gasteiger partial charge in [0.05, 0.1) is 5.60 Å². The number of ketones is 1. The highest BCUT2D eigenvalue weighted by Crippen LogP contribution is 2.65. The molecule has 4 aliphatic carbocycles. The molecule has 0 amide bonds. The molecule has 1 N–H and O–H groups in total. The molecular formula is C20H30O2. The average Bonchev–Trinajstić information content (AvgIpc) is 2.79. The lowest BCUT2D eigenvalue weighted by Crippen LogP contribution is -2.52. The van der Waals surface area contributed by atoms with Gasteiger partial charge >= 0.3 is 0 Å². The highest BCUT2D eigenvalue weighted by atomic mass is 16.3. The van der Waals surface area contributed by atoms with Gasteiger partial charge in [-0.2, -0.15) is 0 Å². The fraction of sp³-hybridized carbons (Fsp3) is 0.850. The van der Waals surface area contributed by atoms with Crippen molar-refractivity contribution in [2.75, 3.05) is 0 Å². The zero-order valence-electron chi connectivity index (χ0n) is 14.1. The molecule has 0 radical (unpaired) electrons. The third-order valence-electron chi connectivity index (χ3n) is 8.21. The van der Waals surface area contributed by atoms with Gasteiger partial charge in [-0.1, -0.05) is 19.4 Å². The Kier molecular flexibility index (Phi) is 3.35. The molecule has 22 heavy (non-hydrogen) atoms. The molecule has 4 aliphatic rings.